The lowest BCUT2D eigenvalue weighted by Crippen LogP contribution is -2.28. The maximum atomic E-state index is 5.77. The van der Waals surface area contributed by atoms with Crippen molar-refractivity contribution in [3.05, 3.63) is 18.1 Å². The van der Waals surface area contributed by atoms with Gasteiger partial charge in [0, 0.05) is 30.8 Å². The molecular weight excluding hydrogens is 214 g/mol. The number of ether oxygens (including phenoxy) is 1. The smallest absolute Gasteiger partial charge is 0.129 e. The van der Waals surface area contributed by atoms with E-state index < -0.39 is 0 Å². The average molecular weight is 235 g/mol. The predicted molar refractivity (Wildman–Crippen MR) is 67.9 cm³/mol. The molecule has 4 nitrogen and oxygen atoms in total. The van der Waals surface area contributed by atoms with Gasteiger partial charge in [-0.25, -0.2) is 9.97 Å². The standard InChI is InChI=1S/C13H21N3O/c1-9(2)13-11(4-5-17-13)7-14-12-6-10(3)15-8-16-12/h6,8-9,11,13H,4-5,7H2,1-3H3,(H,14,15,16)/t11-,13-/m1/s1. The highest BCUT2D eigenvalue weighted by Gasteiger charge is 2.30. The van der Waals surface area contributed by atoms with Crippen LogP contribution < -0.4 is 5.32 Å². The number of hydrogen-bond donors (Lipinski definition) is 1. The van der Waals surface area contributed by atoms with E-state index in [-0.39, 0.29) is 0 Å². The van der Waals surface area contributed by atoms with Crippen molar-refractivity contribution >= 4 is 5.82 Å². The molecule has 0 bridgehead atoms. The van der Waals surface area contributed by atoms with Gasteiger partial charge >= 0.3 is 0 Å². The van der Waals surface area contributed by atoms with Gasteiger partial charge in [-0.3, -0.25) is 0 Å². The second kappa shape index (κ2) is 5.45. The van der Waals surface area contributed by atoms with Crippen LogP contribution in [0.4, 0.5) is 5.82 Å². The summed E-state index contributed by atoms with van der Waals surface area (Å²) in [4.78, 5) is 8.29. The van der Waals surface area contributed by atoms with E-state index in [1.54, 1.807) is 6.33 Å². The lowest BCUT2D eigenvalue weighted by atomic mass is 9.93. The Hall–Kier alpha value is -1.16. The highest BCUT2D eigenvalue weighted by atomic mass is 16.5. The van der Waals surface area contributed by atoms with Crippen molar-refractivity contribution in [1.82, 2.24) is 9.97 Å². The number of aromatic nitrogens is 2. The monoisotopic (exact) mass is 235 g/mol. The van der Waals surface area contributed by atoms with Crippen LogP contribution in [0.1, 0.15) is 26.0 Å². The molecule has 1 aliphatic heterocycles. The quantitative estimate of drug-likeness (QED) is 0.869. The maximum Gasteiger partial charge on any atom is 0.129 e. The van der Waals surface area contributed by atoms with Crippen molar-refractivity contribution < 1.29 is 4.74 Å². The molecule has 0 aliphatic carbocycles. The number of rotatable bonds is 4. The molecule has 2 atom stereocenters. The molecule has 0 aromatic carbocycles. The molecule has 0 unspecified atom stereocenters. The normalized spacial score (nSPS) is 24.2. The van der Waals surface area contributed by atoms with Crippen molar-refractivity contribution in [2.24, 2.45) is 11.8 Å². The second-order valence-corrected chi connectivity index (χ2v) is 5.05. The number of nitrogens with zero attached hydrogens (tertiary/aromatic N) is 2. The van der Waals surface area contributed by atoms with Gasteiger partial charge in [0.25, 0.3) is 0 Å². The van der Waals surface area contributed by atoms with Gasteiger partial charge < -0.3 is 10.1 Å². The molecule has 0 saturated carbocycles. The first-order valence-corrected chi connectivity index (χ1v) is 6.31. The minimum Gasteiger partial charge on any atom is -0.378 e. The lowest BCUT2D eigenvalue weighted by molar-refractivity contribution is 0.0566. The van der Waals surface area contributed by atoms with Gasteiger partial charge in [-0.1, -0.05) is 13.8 Å². The van der Waals surface area contributed by atoms with Gasteiger partial charge in [-0.15, -0.1) is 0 Å². The topological polar surface area (TPSA) is 47.0 Å². The van der Waals surface area contributed by atoms with E-state index in [0.717, 1.165) is 31.1 Å². The molecule has 1 aromatic heterocycles. The Balaban J connectivity index is 1.89. The molecule has 4 heteroatoms. The highest BCUT2D eigenvalue weighted by molar-refractivity contribution is 5.34. The Morgan fingerprint density at radius 3 is 3.00 bits per heavy atom. The van der Waals surface area contributed by atoms with Crippen LogP contribution in [0.25, 0.3) is 0 Å². The van der Waals surface area contributed by atoms with E-state index in [2.05, 4.69) is 29.1 Å². The summed E-state index contributed by atoms with van der Waals surface area (Å²) in [5.74, 6) is 2.08. The van der Waals surface area contributed by atoms with Gasteiger partial charge in [-0.2, -0.15) is 0 Å². The molecule has 2 heterocycles. The second-order valence-electron chi connectivity index (χ2n) is 5.05. The van der Waals surface area contributed by atoms with Crippen molar-refractivity contribution in [3.8, 4) is 0 Å². The lowest BCUT2D eigenvalue weighted by Gasteiger charge is -2.22. The molecule has 1 saturated heterocycles. The fraction of sp³-hybridized carbons (Fsp3) is 0.692. The van der Waals surface area contributed by atoms with E-state index in [4.69, 9.17) is 4.74 Å². The van der Waals surface area contributed by atoms with E-state index in [0.29, 0.717) is 17.9 Å². The zero-order valence-electron chi connectivity index (χ0n) is 10.8. The van der Waals surface area contributed by atoms with Crippen molar-refractivity contribution in [2.75, 3.05) is 18.5 Å². The molecule has 1 N–H and O–H groups in total. The summed E-state index contributed by atoms with van der Waals surface area (Å²) < 4.78 is 5.77. The summed E-state index contributed by atoms with van der Waals surface area (Å²) in [5, 5.41) is 3.38. The van der Waals surface area contributed by atoms with Gasteiger partial charge in [0.1, 0.15) is 12.1 Å². The molecule has 0 spiro atoms. The predicted octanol–water partition coefficient (Wildman–Crippen LogP) is 2.26. The zero-order chi connectivity index (χ0) is 12.3. The van der Waals surface area contributed by atoms with Crippen LogP contribution in [-0.2, 0) is 4.74 Å². The van der Waals surface area contributed by atoms with Crippen LogP contribution in [0, 0.1) is 18.8 Å². The fourth-order valence-corrected chi connectivity index (χ4v) is 2.40. The third-order valence-electron chi connectivity index (χ3n) is 3.27. The van der Waals surface area contributed by atoms with Crippen LogP contribution in [-0.4, -0.2) is 29.2 Å². The summed E-state index contributed by atoms with van der Waals surface area (Å²) in [6.07, 6.45) is 3.12. The molecular formula is C13H21N3O. The molecule has 94 valence electrons. The number of nitrogens with one attached hydrogen (secondary N) is 1. The minimum absolute atomic E-state index is 0.380. The maximum absolute atomic E-state index is 5.77. The van der Waals surface area contributed by atoms with Crippen LogP contribution >= 0.6 is 0 Å². The summed E-state index contributed by atoms with van der Waals surface area (Å²) in [5.41, 5.74) is 0.991. The summed E-state index contributed by atoms with van der Waals surface area (Å²) in [7, 11) is 0. The third kappa shape index (κ3) is 3.16. The molecule has 1 aromatic rings. The third-order valence-corrected chi connectivity index (χ3v) is 3.27. The zero-order valence-corrected chi connectivity index (χ0v) is 10.8. The van der Waals surface area contributed by atoms with Crippen LogP contribution in [0.3, 0.4) is 0 Å². The van der Waals surface area contributed by atoms with Gasteiger partial charge in [0.05, 0.1) is 6.10 Å². The SMILES string of the molecule is Cc1cc(NC[C@H]2CCO[C@@H]2C(C)C)ncn1. The summed E-state index contributed by atoms with van der Waals surface area (Å²) in [6.45, 7) is 8.23. The van der Waals surface area contributed by atoms with Crippen molar-refractivity contribution in [3.63, 3.8) is 0 Å². The number of aryl methyl sites for hydroxylation is 1. The van der Waals surface area contributed by atoms with Crippen molar-refractivity contribution in [2.45, 2.75) is 33.3 Å². The van der Waals surface area contributed by atoms with Crippen molar-refractivity contribution in [1.29, 1.82) is 0 Å². The Kier molecular flexibility index (Phi) is 3.94. The Morgan fingerprint density at radius 1 is 1.47 bits per heavy atom. The van der Waals surface area contributed by atoms with E-state index in [1.807, 2.05) is 13.0 Å². The Bertz CT molecular complexity index is 367. The minimum atomic E-state index is 0.380. The molecule has 0 amide bonds. The van der Waals surface area contributed by atoms with Crippen LogP contribution in [0.5, 0.6) is 0 Å². The van der Waals surface area contributed by atoms with Crippen LogP contribution in [0.2, 0.25) is 0 Å². The Labute approximate surface area is 103 Å². The van der Waals surface area contributed by atoms with Gasteiger partial charge in [-0.05, 0) is 19.3 Å². The summed E-state index contributed by atoms with van der Waals surface area (Å²) in [6, 6.07) is 1.97. The molecule has 1 fully saturated rings. The largest absolute Gasteiger partial charge is 0.378 e. The van der Waals surface area contributed by atoms with Crippen LogP contribution in [0.15, 0.2) is 12.4 Å². The average Bonchev–Trinajstić information content (AvgIpc) is 2.74. The van der Waals surface area contributed by atoms with Gasteiger partial charge in [0.15, 0.2) is 0 Å². The number of hydrogen-bond acceptors (Lipinski definition) is 4. The fourth-order valence-electron chi connectivity index (χ4n) is 2.40. The molecule has 0 radical (unpaired) electrons. The molecule has 1 aliphatic rings. The molecule has 17 heavy (non-hydrogen) atoms. The van der Waals surface area contributed by atoms with E-state index in [1.165, 1.54) is 0 Å². The first kappa shape index (κ1) is 12.3. The number of anilines is 1. The van der Waals surface area contributed by atoms with E-state index >= 15 is 0 Å². The molecule has 2 rings (SSSR count). The van der Waals surface area contributed by atoms with Gasteiger partial charge in [0.2, 0.25) is 0 Å². The first-order chi connectivity index (χ1) is 8.16. The summed E-state index contributed by atoms with van der Waals surface area (Å²) >= 11 is 0. The first-order valence-electron chi connectivity index (χ1n) is 6.31. The highest BCUT2D eigenvalue weighted by Crippen LogP contribution is 2.26. The van der Waals surface area contributed by atoms with E-state index in [9.17, 15) is 0 Å². The Morgan fingerprint density at radius 2 is 2.29 bits per heavy atom.